The Morgan fingerprint density at radius 2 is 2.29 bits per heavy atom. The van der Waals surface area contributed by atoms with Crippen molar-refractivity contribution in [1.29, 1.82) is 0 Å². The number of rotatable bonds is 2. The van der Waals surface area contributed by atoms with Gasteiger partial charge in [0.15, 0.2) is 5.82 Å². The fourth-order valence-electron chi connectivity index (χ4n) is 2.18. The number of methoxy groups -OCH3 is 1. The predicted octanol–water partition coefficient (Wildman–Crippen LogP) is 1.38. The quantitative estimate of drug-likeness (QED) is 0.844. The van der Waals surface area contributed by atoms with E-state index in [-0.39, 0.29) is 18.4 Å². The third-order valence-electron chi connectivity index (χ3n) is 3.10. The van der Waals surface area contributed by atoms with Crippen molar-refractivity contribution in [1.82, 2.24) is 9.97 Å². The summed E-state index contributed by atoms with van der Waals surface area (Å²) in [5.74, 6) is -0.0179. The molecular formula is C13H12N4O3S. The average Bonchev–Trinajstić information content (AvgIpc) is 2.95. The molecule has 0 atom stereocenters. The largest absolute Gasteiger partial charge is 0.465 e. The van der Waals surface area contributed by atoms with Gasteiger partial charge in [-0.2, -0.15) is 0 Å². The van der Waals surface area contributed by atoms with Gasteiger partial charge < -0.3 is 15.0 Å². The molecule has 0 bridgehead atoms. The lowest BCUT2D eigenvalue weighted by Crippen LogP contribution is -2.36. The van der Waals surface area contributed by atoms with Gasteiger partial charge in [-0.25, -0.2) is 14.8 Å². The van der Waals surface area contributed by atoms with Gasteiger partial charge in [0, 0.05) is 18.0 Å². The highest BCUT2D eigenvalue weighted by molar-refractivity contribution is 7.12. The van der Waals surface area contributed by atoms with Crippen molar-refractivity contribution in [2.75, 3.05) is 30.9 Å². The topological polar surface area (TPSA) is 84.4 Å². The number of fused-ring (bicyclic) bond motifs is 1. The van der Waals surface area contributed by atoms with Crippen molar-refractivity contribution in [2.45, 2.75) is 0 Å². The second kappa shape index (κ2) is 5.13. The van der Waals surface area contributed by atoms with Crippen LogP contribution in [0.25, 0.3) is 11.3 Å². The van der Waals surface area contributed by atoms with Crippen molar-refractivity contribution in [3.8, 4) is 11.3 Å². The van der Waals surface area contributed by atoms with E-state index < -0.39 is 0 Å². The molecule has 1 aliphatic heterocycles. The number of amides is 1. The van der Waals surface area contributed by atoms with Crippen molar-refractivity contribution < 1.29 is 14.3 Å². The van der Waals surface area contributed by atoms with E-state index in [1.807, 2.05) is 5.38 Å². The van der Waals surface area contributed by atoms with E-state index in [0.29, 0.717) is 16.4 Å². The molecule has 0 saturated heterocycles. The summed E-state index contributed by atoms with van der Waals surface area (Å²) in [6, 6.07) is 1.73. The van der Waals surface area contributed by atoms with Crippen LogP contribution < -0.4 is 10.2 Å². The smallest absolute Gasteiger partial charge is 0.348 e. The van der Waals surface area contributed by atoms with Gasteiger partial charge in [0.25, 0.3) is 0 Å². The summed E-state index contributed by atoms with van der Waals surface area (Å²) in [7, 11) is 3.15. The number of likely N-dealkylation sites (N-methyl/N-ethyl adjacent to an activating group) is 1. The molecule has 3 rings (SSSR count). The van der Waals surface area contributed by atoms with E-state index in [1.165, 1.54) is 24.8 Å². The van der Waals surface area contributed by atoms with Gasteiger partial charge >= 0.3 is 5.97 Å². The molecule has 0 radical (unpaired) electrons. The molecule has 108 valence electrons. The van der Waals surface area contributed by atoms with E-state index in [2.05, 4.69) is 15.3 Å². The maximum absolute atomic E-state index is 11.5. The number of nitrogens with zero attached hydrogens (tertiary/aromatic N) is 3. The first-order valence-electron chi connectivity index (χ1n) is 6.13. The number of thiophene rings is 1. The first-order valence-corrected chi connectivity index (χ1v) is 7.01. The maximum Gasteiger partial charge on any atom is 0.348 e. The number of ether oxygens (including phenoxy) is 1. The summed E-state index contributed by atoms with van der Waals surface area (Å²) in [5.41, 5.74) is 2.21. The summed E-state index contributed by atoms with van der Waals surface area (Å²) < 4.78 is 4.70. The van der Waals surface area contributed by atoms with Gasteiger partial charge in [0.05, 0.1) is 13.7 Å². The molecular weight excluding hydrogens is 292 g/mol. The molecule has 7 nitrogen and oxygen atoms in total. The number of esters is 1. The lowest BCUT2D eigenvalue weighted by Gasteiger charge is -2.27. The number of anilines is 2. The molecule has 2 aromatic rings. The molecule has 8 heteroatoms. The zero-order valence-electron chi connectivity index (χ0n) is 11.4. The van der Waals surface area contributed by atoms with Crippen molar-refractivity contribution in [3.05, 3.63) is 22.7 Å². The van der Waals surface area contributed by atoms with Gasteiger partial charge in [-0.15, -0.1) is 11.3 Å². The number of hydrogen-bond acceptors (Lipinski definition) is 7. The monoisotopic (exact) mass is 304 g/mol. The van der Waals surface area contributed by atoms with Crippen LogP contribution in [0.5, 0.6) is 0 Å². The van der Waals surface area contributed by atoms with Crippen LogP contribution in [0.3, 0.4) is 0 Å². The molecule has 0 aromatic carbocycles. The normalized spacial score (nSPS) is 13.6. The van der Waals surface area contributed by atoms with Gasteiger partial charge in [-0.3, -0.25) is 4.79 Å². The number of nitrogens with one attached hydrogen (secondary N) is 1. The summed E-state index contributed by atoms with van der Waals surface area (Å²) >= 11 is 1.29. The van der Waals surface area contributed by atoms with E-state index in [0.717, 1.165) is 11.3 Å². The van der Waals surface area contributed by atoms with Gasteiger partial charge in [0.2, 0.25) is 5.91 Å². The molecule has 0 aliphatic carbocycles. The lowest BCUT2D eigenvalue weighted by atomic mass is 10.1. The molecule has 1 N–H and O–H groups in total. The van der Waals surface area contributed by atoms with Crippen LogP contribution in [0.1, 0.15) is 9.67 Å². The van der Waals surface area contributed by atoms with Crippen LogP contribution in [0, 0.1) is 0 Å². The van der Waals surface area contributed by atoms with Gasteiger partial charge in [-0.05, 0) is 6.07 Å². The van der Waals surface area contributed by atoms with Crippen molar-refractivity contribution in [2.24, 2.45) is 0 Å². The van der Waals surface area contributed by atoms with Crippen LogP contribution in [-0.4, -0.2) is 42.5 Å². The first kappa shape index (κ1) is 13.5. The van der Waals surface area contributed by atoms with Crippen LogP contribution >= 0.6 is 11.3 Å². The third kappa shape index (κ3) is 2.33. The Balaban J connectivity index is 2.08. The van der Waals surface area contributed by atoms with Gasteiger partial charge in [0.1, 0.15) is 22.6 Å². The Morgan fingerprint density at radius 3 is 3.05 bits per heavy atom. The fourth-order valence-corrected chi connectivity index (χ4v) is 2.99. The van der Waals surface area contributed by atoms with E-state index >= 15 is 0 Å². The van der Waals surface area contributed by atoms with Crippen molar-refractivity contribution in [3.63, 3.8) is 0 Å². The fraction of sp³-hybridized carbons (Fsp3) is 0.231. The molecule has 0 unspecified atom stereocenters. The number of aromatic nitrogens is 2. The molecule has 2 aromatic heterocycles. The van der Waals surface area contributed by atoms with Crippen LogP contribution in [0.15, 0.2) is 17.8 Å². The number of carbonyl (C=O) groups excluding carboxylic acids is 2. The summed E-state index contributed by atoms with van der Waals surface area (Å²) in [5, 5.41) is 4.55. The Morgan fingerprint density at radius 1 is 1.48 bits per heavy atom. The van der Waals surface area contributed by atoms with Crippen LogP contribution in [-0.2, 0) is 9.53 Å². The summed E-state index contributed by atoms with van der Waals surface area (Å²) in [4.78, 5) is 33.8. The highest BCUT2D eigenvalue weighted by atomic mass is 32.1. The maximum atomic E-state index is 11.5. The van der Waals surface area contributed by atoms with E-state index in [4.69, 9.17) is 4.74 Å². The molecule has 0 spiro atoms. The zero-order chi connectivity index (χ0) is 15.0. The third-order valence-corrected chi connectivity index (χ3v) is 4.01. The first-order chi connectivity index (χ1) is 10.1. The molecule has 1 amide bonds. The lowest BCUT2D eigenvalue weighted by molar-refractivity contribution is -0.115. The minimum absolute atomic E-state index is 0.116. The van der Waals surface area contributed by atoms with E-state index in [1.54, 1.807) is 18.0 Å². The minimum Gasteiger partial charge on any atom is -0.465 e. The van der Waals surface area contributed by atoms with Gasteiger partial charge in [-0.1, -0.05) is 0 Å². The average molecular weight is 304 g/mol. The SMILES string of the molecule is COC(=O)c1cc(-c2ncnc3c2N(C)CC(=O)N3)cs1. The summed E-state index contributed by atoms with van der Waals surface area (Å²) in [6.07, 6.45) is 1.39. The molecule has 3 heterocycles. The Labute approximate surface area is 124 Å². The Kier molecular flexibility index (Phi) is 3.30. The standard InChI is InChI=1S/C13H12N4O3S/c1-17-4-9(18)16-12-11(17)10(14-6-15-12)7-3-8(21-5-7)13(19)20-2/h3,5-6H,4H2,1-2H3,(H,14,15,16,18). The van der Waals surface area contributed by atoms with Crippen molar-refractivity contribution >= 4 is 34.7 Å². The molecule has 0 fully saturated rings. The number of carbonyl (C=O) groups is 2. The highest BCUT2D eigenvalue weighted by Gasteiger charge is 2.25. The number of hydrogen-bond donors (Lipinski definition) is 1. The van der Waals surface area contributed by atoms with E-state index in [9.17, 15) is 9.59 Å². The van der Waals surface area contributed by atoms with Crippen LogP contribution in [0.4, 0.5) is 11.5 Å². The van der Waals surface area contributed by atoms with Crippen LogP contribution in [0.2, 0.25) is 0 Å². The second-order valence-corrected chi connectivity index (χ2v) is 5.43. The molecule has 21 heavy (non-hydrogen) atoms. The second-order valence-electron chi connectivity index (χ2n) is 4.51. The Hall–Kier alpha value is -2.48. The predicted molar refractivity (Wildman–Crippen MR) is 78.6 cm³/mol. The Bertz CT molecular complexity index is 728. The molecule has 1 aliphatic rings. The summed E-state index contributed by atoms with van der Waals surface area (Å²) in [6.45, 7) is 0.237. The molecule has 0 saturated carbocycles. The zero-order valence-corrected chi connectivity index (χ0v) is 12.2. The highest BCUT2D eigenvalue weighted by Crippen LogP contribution is 2.37. The minimum atomic E-state index is -0.379.